The highest BCUT2D eigenvalue weighted by Gasteiger charge is 2.21. The molecule has 1 aromatic carbocycles. The van der Waals surface area contributed by atoms with Crippen LogP contribution in [-0.2, 0) is 0 Å². The van der Waals surface area contributed by atoms with E-state index in [1.54, 1.807) is 0 Å². The van der Waals surface area contributed by atoms with E-state index in [9.17, 15) is 14.3 Å². The maximum absolute atomic E-state index is 14.1. The van der Waals surface area contributed by atoms with Crippen LogP contribution in [0.3, 0.4) is 0 Å². The molecule has 0 unspecified atom stereocenters. The van der Waals surface area contributed by atoms with E-state index in [0.29, 0.717) is 5.22 Å². The lowest BCUT2D eigenvalue weighted by Gasteiger charge is -2.07. The fourth-order valence-corrected chi connectivity index (χ4v) is 2.98. The summed E-state index contributed by atoms with van der Waals surface area (Å²) in [6, 6.07) is 4.09. The van der Waals surface area contributed by atoms with Gasteiger partial charge in [-0.1, -0.05) is 17.7 Å². The van der Waals surface area contributed by atoms with Crippen molar-refractivity contribution in [3.8, 4) is 17.6 Å². The van der Waals surface area contributed by atoms with Gasteiger partial charge in [-0.15, -0.1) is 0 Å². The van der Waals surface area contributed by atoms with Crippen molar-refractivity contribution in [2.24, 2.45) is 4.99 Å². The van der Waals surface area contributed by atoms with Gasteiger partial charge in [0.2, 0.25) is 5.88 Å². The number of halogens is 2. The van der Waals surface area contributed by atoms with E-state index in [0.717, 1.165) is 12.8 Å². The van der Waals surface area contributed by atoms with E-state index in [2.05, 4.69) is 30.0 Å². The first-order valence-electron chi connectivity index (χ1n) is 8.92. The van der Waals surface area contributed by atoms with Crippen molar-refractivity contribution < 1.29 is 14.2 Å². The van der Waals surface area contributed by atoms with E-state index in [1.165, 1.54) is 35.0 Å². The van der Waals surface area contributed by atoms with Crippen LogP contribution in [0.4, 0.5) is 4.39 Å². The minimum atomic E-state index is -0.665. The van der Waals surface area contributed by atoms with Crippen molar-refractivity contribution >= 4 is 23.3 Å². The molecule has 30 heavy (non-hydrogen) atoms. The van der Waals surface area contributed by atoms with E-state index < -0.39 is 11.5 Å². The van der Waals surface area contributed by atoms with Crippen molar-refractivity contribution in [1.29, 1.82) is 0 Å². The van der Waals surface area contributed by atoms with Crippen LogP contribution in [0.2, 0.25) is 5.02 Å². The van der Waals surface area contributed by atoms with Crippen molar-refractivity contribution in [2.75, 3.05) is 0 Å². The number of ether oxygens (including phenoxy) is 1. The van der Waals surface area contributed by atoms with E-state index in [4.69, 9.17) is 16.3 Å². The SMILES string of the molecule is O=c1[nH]c(O)c(C=c2cnn3c(=NC4CC4)nc(Oc4c(F)cccc4Cl)nc23)[nH]1. The molecular weight excluding hydrogens is 417 g/mol. The van der Waals surface area contributed by atoms with Gasteiger partial charge in [-0.3, -0.25) is 4.98 Å². The monoisotopic (exact) mass is 429 g/mol. The van der Waals surface area contributed by atoms with Gasteiger partial charge < -0.3 is 14.8 Å². The van der Waals surface area contributed by atoms with Crippen LogP contribution in [0.25, 0.3) is 11.7 Å². The van der Waals surface area contributed by atoms with Gasteiger partial charge in [0.25, 0.3) is 5.62 Å². The molecule has 0 amide bonds. The van der Waals surface area contributed by atoms with Crippen molar-refractivity contribution in [3.05, 3.63) is 62.3 Å². The molecule has 0 aliphatic heterocycles. The highest BCUT2D eigenvalue weighted by molar-refractivity contribution is 6.32. The zero-order valence-electron chi connectivity index (χ0n) is 15.1. The Balaban J connectivity index is 1.71. The predicted molar refractivity (Wildman–Crippen MR) is 103 cm³/mol. The van der Waals surface area contributed by atoms with Crippen LogP contribution in [0.5, 0.6) is 17.6 Å². The minimum absolute atomic E-state index is 0.0641. The highest BCUT2D eigenvalue weighted by atomic mass is 35.5. The van der Waals surface area contributed by atoms with Gasteiger partial charge in [0.1, 0.15) is 5.69 Å². The molecule has 1 aliphatic rings. The quantitative estimate of drug-likeness (QED) is 0.444. The largest absolute Gasteiger partial charge is 0.493 e. The third-order valence-electron chi connectivity index (χ3n) is 4.35. The predicted octanol–water partition coefficient (Wildman–Crippen LogP) is 1.04. The second-order valence-corrected chi connectivity index (χ2v) is 7.05. The zero-order valence-corrected chi connectivity index (χ0v) is 15.9. The summed E-state index contributed by atoms with van der Waals surface area (Å²) in [7, 11) is 0. The number of aromatic amines is 2. The van der Waals surface area contributed by atoms with Crippen LogP contribution >= 0.6 is 11.6 Å². The Kier molecular flexibility index (Phi) is 4.24. The fraction of sp³-hybridized carbons (Fsp3) is 0.167. The standard InChI is InChI=1S/C18H13ClFN7O3/c19-10-2-1-3-11(20)13(10)30-18-24-14-8(6-12-15(28)25-17(29)23-12)7-21-27(14)16(26-18)22-9-4-5-9/h1-3,6-7,9,28H,4-5H2,(H2,23,25,29). The molecule has 0 spiro atoms. The summed E-state index contributed by atoms with van der Waals surface area (Å²) in [5.41, 5.74) is 0.103. The number of nitrogens with one attached hydrogen (secondary N) is 2. The Morgan fingerprint density at radius 1 is 1.33 bits per heavy atom. The number of para-hydroxylation sites is 1. The molecule has 1 saturated carbocycles. The molecule has 1 aliphatic carbocycles. The normalized spacial score (nSPS) is 15.3. The maximum Gasteiger partial charge on any atom is 0.327 e. The average Bonchev–Trinajstić information content (AvgIpc) is 3.34. The Bertz CT molecular complexity index is 1430. The first-order valence-corrected chi connectivity index (χ1v) is 9.30. The van der Waals surface area contributed by atoms with Gasteiger partial charge >= 0.3 is 11.7 Å². The smallest absolute Gasteiger partial charge is 0.327 e. The Morgan fingerprint density at radius 2 is 2.17 bits per heavy atom. The lowest BCUT2D eigenvalue weighted by atomic mass is 10.3. The number of aromatic hydroxyl groups is 1. The topological polar surface area (TPSA) is 134 Å². The van der Waals surface area contributed by atoms with E-state index in [1.807, 2.05) is 0 Å². The number of H-pyrrole nitrogens is 2. The summed E-state index contributed by atoms with van der Waals surface area (Å²) in [4.78, 5) is 29.1. The number of rotatable bonds is 4. The maximum atomic E-state index is 14.1. The van der Waals surface area contributed by atoms with Crippen LogP contribution in [-0.4, -0.2) is 40.7 Å². The number of hydrogen-bond acceptors (Lipinski definition) is 7. The molecular formula is C18H13ClFN7O3. The molecule has 152 valence electrons. The Labute approximate surface area is 171 Å². The molecule has 0 bridgehead atoms. The molecule has 3 heterocycles. The number of hydrogen-bond donors (Lipinski definition) is 3. The van der Waals surface area contributed by atoms with Crippen LogP contribution < -0.4 is 21.3 Å². The van der Waals surface area contributed by atoms with Gasteiger partial charge in [0.15, 0.2) is 17.2 Å². The summed E-state index contributed by atoms with van der Waals surface area (Å²) in [6.07, 6.45) is 4.81. The molecule has 0 atom stereocenters. The number of nitrogens with zero attached hydrogens (tertiary/aromatic N) is 5. The van der Waals surface area contributed by atoms with E-state index in [-0.39, 0.29) is 45.7 Å². The summed E-state index contributed by atoms with van der Waals surface area (Å²) >= 11 is 6.04. The zero-order chi connectivity index (χ0) is 20.8. The van der Waals surface area contributed by atoms with Crippen LogP contribution in [0.1, 0.15) is 18.5 Å². The second-order valence-electron chi connectivity index (χ2n) is 6.64. The molecule has 0 saturated heterocycles. The van der Waals surface area contributed by atoms with Crippen molar-refractivity contribution in [3.63, 3.8) is 0 Å². The number of imidazole rings is 1. The molecule has 12 heteroatoms. The third kappa shape index (κ3) is 3.39. The summed E-state index contributed by atoms with van der Waals surface area (Å²) in [6.45, 7) is 0. The molecule has 10 nitrogen and oxygen atoms in total. The minimum Gasteiger partial charge on any atom is -0.493 e. The molecule has 3 N–H and O–H groups in total. The highest BCUT2D eigenvalue weighted by Crippen LogP contribution is 2.30. The number of benzene rings is 1. The lowest BCUT2D eigenvalue weighted by molar-refractivity contribution is 0.407. The third-order valence-corrected chi connectivity index (χ3v) is 4.65. The molecule has 3 aromatic heterocycles. The van der Waals surface area contributed by atoms with Gasteiger partial charge in [-0.05, 0) is 31.1 Å². The Morgan fingerprint density at radius 3 is 2.87 bits per heavy atom. The molecule has 4 aromatic rings. The first-order chi connectivity index (χ1) is 14.5. The summed E-state index contributed by atoms with van der Waals surface area (Å²) in [5, 5.41) is 14.6. The molecule has 1 fully saturated rings. The van der Waals surface area contributed by atoms with Crippen molar-refractivity contribution in [2.45, 2.75) is 18.9 Å². The van der Waals surface area contributed by atoms with Gasteiger partial charge in [0, 0.05) is 5.22 Å². The van der Waals surface area contributed by atoms with E-state index >= 15 is 0 Å². The Hall–Kier alpha value is -3.73. The average molecular weight is 430 g/mol. The first kappa shape index (κ1) is 18.3. The summed E-state index contributed by atoms with van der Waals surface area (Å²) < 4.78 is 21.1. The van der Waals surface area contributed by atoms with Gasteiger partial charge in [-0.2, -0.15) is 19.6 Å². The molecule has 5 rings (SSSR count). The fourth-order valence-electron chi connectivity index (χ4n) is 2.78. The van der Waals surface area contributed by atoms with Crippen LogP contribution in [0.15, 0.2) is 34.2 Å². The summed E-state index contributed by atoms with van der Waals surface area (Å²) in [5.74, 6) is -1.20. The number of fused-ring (bicyclic) bond motifs is 1. The van der Waals surface area contributed by atoms with Crippen molar-refractivity contribution in [1.82, 2.24) is 29.5 Å². The van der Waals surface area contributed by atoms with Gasteiger partial charge in [0.05, 0.1) is 17.3 Å². The van der Waals surface area contributed by atoms with Gasteiger partial charge in [-0.25, -0.2) is 14.2 Å². The van der Waals surface area contributed by atoms with Crippen LogP contribution in [0, 0.1) is 5.82 Å². The molecule has 0 radical (unpaired) electrons. The lowest BCUT2D eigenvalue weighted by Crippen LogP contribution is -2.23. The number of aromatic nitrogens is 6. The second kappa shape index (κ2) is 6.95.